The van der Waals surface area contributed by atoms with E-state index in [1.165, 1.54) is 12.1 Å². The van der Waals surface area contributed by atoms with Gasteiger partial charge in [0.1, 0.15) is 18.2 Å². The summed E-state index contributed by atoms with van der Waals surface area (Å²) in [5, 5.41) is 10.8. The highest BCUT2D eigenvalue weighted by Crippen LogP contribution is 2.42. The number of hydrogen-bond acceptors (Lipinski definition) is 8. The van der Waals surface area contributed by atoms with E-state index in [-0.39, 0.29) is 41.5 Å². The standard InChI is InChI=1S/C21H18N2O7S/c24-20-16-5-6-18-17(10-22(12-29-18)15-7-8-31(27,28)11-15)21(16)30-19(20)9-13-1-3-14(4-2-13)23(25)26/h1-6,9,15H,7-8,10-12H2/b19-9+. The minimum Gasteiger partial charge on any atom is -0.478 e. The average molecular weight is 442 g/mol. The molecular weight excluding hydrogens is 424 g/mol. The number of benzene rings is 2. The van der Waals surface area contributed by atoms with Crippen LogP contribution in [0.15, 0.2) is 42.2 Å². The Kier molecular flexibility index (Phi) is 4.56. The molecule has 1 fully saturated rings. The van der Waals surface area contributed by atoms with Crippen molar-refractivity contribution in [2.75, 3.05) is 18.2 Å². The number of rotatable bonds is 3. The number of Topliss-reactive ketones (excluding diaryl/α,β-unsaturated/α-hetero) is 1. The molecule has 1 atom stereocenters. The third kappa shape index (κ3) is 3.57. The van der Waals surface area contributed by atoms with E-state index in [2.05, 4.69) is 0 Å². The van der Waals surface area contributed by atoms with Crippen LogP contribution in [-0.2, 0) is 16.4 Å². The Bertz CT molecular complexity index is 1240. The van der Waals surface area contributed by atoms with E-state index in [4.69, 9.17) is 9.47 Å². The summed E-state index contributed by atoms with van der Waals surface area (Å²) in [5.41, 5.74) is 1.69. The molecule has 2 aromatic carbocycles. The molecule has 1 saturated heterocycles. The molecular formula is C21H18N2O7S. The Morgan fingerprint density at radius 2 is 1.94 bits per heavy atom. The molecule has 0 aromatic heterocycles. The van der Waals surface area contributed by atoms with Gasteiger partial charge in [-0.05, 0) is 42.3 Å². The Hall–Kier alpha value is -3.24. The number of ether oxygens (including phenoxy) is 2. The van der Waals surface area contributed by atoms with Gasteiger partial charge in [0.2, 0.25) is 5.78 Å². The number of allylic oxidation sites excluding steroid dienone is 1. The van der Waals surface area contributed by atoms with Crippen molar-refractivity contribution in [1.29, 1.82) is 0 Å². The first kappa shape index (κ1) is 19.7. The molecule has 1 unspecified atom stereocenters. The summed E-state index contributed by atoms with van der Waals surface area (Å²) in [5.74, 6) is 1.15. The zero-order chi connectivity index (χ0) is 21.8. The lowest BCUT2D eigenvalue weighted by atomic mass is 10.0. The number of non-ortho nitro benzene ring substituents is 1. The van der Waals surface area contributed by atoms with Crippen molar-refractivity contribution in [3.63, 3.8) is 0 Å². The lowest BCUT2D eigenvalue weighted by Gasteiger charge is -2.33. The molecule has 3 aliphatic heterocycles. The van der Waals surface area contributed by atoms with Crippen molar-refractivity contribution in [1.82, 2.24) is 4.90 Å². The first-order chi connectivity index (χ1) is 14.8. The van der Waals surface area contributed by atoms with Gasteiger partial charge in [0.15, 0.2) is 15.6 Å². The van der Waals surface area contributed by atoms with E-state index in [9.17, 15) is 23.3 Å². The fourth-order valence-electron chi connectivity index (χ4n) is 4.12. The fourth-order valence-corrected chi connectivity index (χ4v) is 5.88. The molecule has 0 amide bonds. The Balaban J connectivity index is 1.42. The van der Waals surface area contributed by atoms with E-state index in [1.807, 2.05) is 4.90 Å². The van der Waals surface area contributed by atoms with Gasteiger partial charge in [-0.3, -0.25) is 19.8 Å². The minimum absolute atomic E-state index is 0.0376. The molecule has 0 saturated carbocycles. The summed E-state index contributed by atoms with van der Waals surface area (Å²) in [7, 11) is -3.03. The van der Waals surface area contributed by atoms with Gasteiger partial charge >= 0.3 is 0 Å². The van der Waals surface area contributed by atoms with Gasteiger partial charge in [-0.2, -0.15) is 0 Å². The van der Waals surface area contributed by atoms with Crippen molar-refractivity contribution in [2.24, 2.45) is 0 Å². The van der Waals surface area contributed by atoms with Crippen LogP contribution in [-0.4, -0.2) is 48.3 Å². The molecule has 5 rings (SSSR count). The number of carbonyl (C=O) groups is 1. The maximum atomic E-state index is 12.8. The smallest absolute Gasteiger partial charge is 0.269 e. The highest BCUT2D eigenvalue weighted by atomic mass is 32.2. The van der Waals surface area contributed by atoms with E-state index < -0.39 is 14.8 Å². The molecule has 3 heterocycles. The second-order valence-corrected chi connectivity index (χ2v) is 10.0. The molecule has 9 nitrogen and oxygen atoms in total. The van der Waals surface area contributed by atoms with Crippen molar-refractivity contribution < 1.29 is 27.6 Å². The summed E-state index contributed by atoms with van der Waals surface area (Å²) in [4.78, 5) is 25.1. The summed E-state index contributed by atoms with van der Waals surface area (Å²) in [6.07, 6.45) is 2.10. The summed E-state index contributed by atoms with van der Waals surface area (Å²) in [6.45, 7) is 0.711. The molecule has 10 heteroatoms. The fraction of sp³-hybridized carbons (Fsp3) is 0.286. The van der Waals surface area contributed by atoms with E-state index >= 15 is 0 Å². The zero-order valence-electron chi connectivity index (χ0n) is 16.3. The van der Waals surface area contributed by atoms with Crippen molar-refractivity contribution in [2.45, 2.75) is 19.0 Å². The van der Waals surface area contributed by atoms with Crippen molar-refractivity contribution in [3.8, 4) is 11.5 Å². The van der Waals surface area contributed by atoms with Crippen molar-refractivity contribution in [3.05, 3.63) is 69.0 Å². The van der Waals surface area contributed by atoms with Gasteiger partial charge in [0.05, 0.1) is 27.6 Å². The second-order valence-electron chi connectivity index (χ2n) is 7.78. The Morgan fingerprint density at radius 3 is 2.61 bits per heavy atom. The predicted octanol–water partition coefficient (Wildman–Crippen LogP) is 2.55. The van der Waals surface area contributed by atoms with Gasteiger partial charge in [0, 0.05) is 24.7 Å². The number of nitro groups is 1. The topological polar surface area (TPSA) is 116 Å². The van der Waals surface area contributed by atoms with E-state index in [1.54, 1.807) is 30.3 Å². The Labute approximate surface area is 177 Å². The molecule has 0 bridgehead atoms. The number of nitro benzene ring substituents is 1. The monoisotopic (exact) mass is 442 g/mol. The maximum absolute atomic E-state index is 12.8. The third-order valence-corrected chi connectivity index (χ3v) is 7.52. The van der Waals surface area contributed by atoms with Gasteiger partial charge in [0.25, 0.3) is 5.69 Å². The van der Waals surface area contributed by atoms with E-state index in [0.717, 1.165) is 0 Å². The summed E-state index contributed by atoms with van der Waals surface area (Å²) in [6, 6.07) is 9.08. The lowest BCUT2D eigenvalue weighted by molar-refractivity contribution is -0.384. The number of carbonyl (C=O) groups excluding carboxylic acids is 1. The molecule has 0 aliphatic carbocycles. The zero-order valence-corrected chi connectivity index (χ0v) is 17.1. The van der Waals surface area contributed by atoms with Gasteiger partial charge in [-0.25, -0.2) is 8.42 Å². The van der Waals surface area contributed by atoms with Crippen LogP contribution in [0, 0.1) is 10.1 Å². The van der Waals surface area contributed by atoms with Crippen LogP contribution in [0.5, 0.6) is 11.5 Å². The summed E-state index contributed by atoms with van der Waals surface area (Å²) >= 11 is 0. The minimum atomic E-state index is -3.03. The van der Waals surface area contributed by atoms with Crippen LogP contribution in [0.3, 0.4) is 0 Å². The molecule has 0 radical (unpaired) electrons. The molecule has 160 valence electrons. The van der Waals surface area contributed by atoms with Crippen LogP contribution in [0.4, 0.5) is 5.69 Å². The first-order valence-corrected chi connectivity index (χ1v) is 11.5. The maximum Gasteiger partial charge on any atom is 0.269 e. The third-order valence-electron chi connectivity index (χ3n) is 5.77. The molecule has 0 spiro atoms. The van der Waals surface area contributed by atoms with Gasteiger partial charge in [-0.1, -0.05) is 0 Å². The molecule has 0 N–H and O–H groups in total. The Morgan fingerprint density at radius 1 is 1.16 bits per heavy atom. The molecule has 3 aliphatic rings. The SMILES string of the molecule is O=C1/C(=C\c2ccc([N+](=O)[O-])cc2)Oc2c1ccc1c2CN(C2CCS(=O)(=O)C2)CO1. The first-order valence-electron chi connectivity index (χ1n) is 9.72. The highest BCUT2D eigenvalue weighted by Gasteiger charge is 2.38. The normalized spacial score (nSPS) is 23.2. The van der Waals surface area contributed by atoms with E-state index in [0.29, 0.717) is 41.2 Å². The summed E-state index contributed by atoms with van der Waals surface area (Å²) < 4.78 is 35.4. The number of hydrogen-bond donors (Lipinski definition) is 0. The number of sulfone groups is 1. The highest BCUT2D eigenvalue weighted by molar-refractivity contribution is 7.91. The number of nitrogens with zero attached hydrogens (tertiary/aromatic N) is 2. The quantitative estimate of drug-likeness (QED) is 0.405. The van der Waals surface area contributed by atoms with Crippen LogP contribution in [0.25, 0.3) is 6.08 Å². The van der Waals surface area contributed by atoms with Crippen LogP contribution >= 0.6 is 0 Å². The molecule has 2 aromatic rings. The van der Waals surface area contributed by atoms with Crippen LogP contribution < -0.4 is 9.47 Å². The predicted molar refractivity (Wildman–Crippen MR) is 111 cm³/mol. The number of fused-ring (bicyclic) bond motifs is 3. The second kappa shape index (κ2) is 7.17. The molecule has 31 heavy (non-hydrogen) atoms. The average Bonchev–Trinajstić information content (AvgIpc) is 3.27. The van der Waals surface area contributed by atoms with Crippen molar-refractivity contribution >= 4 is 27.4 Å². The number of ketones is 1. The van der Waals surface area contributed by atoms with Gasteiger partial charge < -0.3 is 9.47 Å². The largest absolute Gasteiger partial charge is 0.478 e. The van der Waals surface area contributed by atoms with Crippen LogP contribution in [0.2, 0.25) is 0 Å². The lowest BCUT2D eigenvalue weighted by Crippen LogP contribution is -2.41. The van der Waals surface area contributed by atoms with Gasteiger partial charge in [-0.15, -0.1) is 0 Å². The van der Waals surface area contributed by atoms with Crippen LogP contribution in [0.1, 0.15) is 27.9 Å².